The summed E-state index contributed by atoms with van der Waals surface area (Å²) in [7, 11) is 0. The number of hydrogen-bond acceptors (Lipinski definition) is 4. The predicted octanol–water partition coefficient (Wildman–Crippen LogP) is 2.23. The van der Waals surface area contributed by atoms with Gasteiger partial charge in [0.05, 0.1) is 6.10 Å². The van der Waals surface area contributed by atoms with Crippen LogP contribution >= 0.6 is 0 Å². The van der Waals surface area contributed by atoms with Crippen LogP contribution in [0.1, 0.15) is 31.9 Å². The molecule has 0 aromatic heterocycles. The molecule has 0 heterocycles. The first-order chi connectivity index (χ1) is 9.02. The van der Waals surface area contributed by atoms with Crippen LogP contribution in [0.2, 0.25) is 0 Å². The van der Waals surface area contributed by atoms with Crippen LogP contribution in [-0.2, 0) is 9.53 Å². The van der Waals surface area contributed by atoms with Crippen molar-refractivity contribution in [2.24, 2.45) is 0 Å². The molecule has 2 unspecified atom stereocenters. The highest BCUT2D eigenvalue weighted by atomic mass is 16.5. The number of carbonyl (C=O) groups is 1. The van der Waals surface area contributed by atoms with Crippen molar-refractivity contribution in [2.45, 2.75) is 32.5 Å². The molecule has 1 rings (SSSR count). The third-order valence-electron chi connectivity index (χ3n) is 2.26. The van der Waals surface area contributed by atoms with Crippen LogP contribution in [0.25, 0.3) is 0 Å². The summed E-state index contributed by atoms with van der Waals surface area (Å²) in [6, 6.07) is 9.70. The van der Waals surface area contributed by atoms with E-state index in [9.17, 15) is 9.90 Å². The maximum Gasteiger partial charge on any atom is 0.334 e. The van der Waals surface area contributed by atoms with Gasteiger partial charge in [-0.15, -0.1) is 0 Å². The van der Waals surface area contributed by atoms with E-state index >= 15 is 0 Å². The summed E-state index contributed by atoms with van der Waals surface area (Å²) in [5, 5.41) is 17.9. The maximum absolute atomic E-state index is 10.4. The molecule has 0 aliphatic rings. The molecule has 0 fully saturated rings. The van der Waals surface area contributed by atoms with Gasteiger partial charge in [0.1, 0.15) is 12.7 Å². The quantitative estimate of drug-likeness (QED) is 0.633. The molecule has 1 aromatic carbocycles. The Morgan fingerprint density at radius 2 is 1.95 bits per heavy atom. The van der Waals surface area contributed by atoms with Crippen molar-refractivity contribution >= 4 is 5.97 Å². The number of aliphatic hydroxyl groups excluding tert-OH is 2. The molecule has 0 bridgehead atoms. The Morgan fingerprint density at radius 3 is 2.37 bits per heavy atom. The van der Waals surface area contributed by atoms with E-state index in [1.165, 1.54) is 13.0 Å². The number of esters is 1. The van der Waals surface area contributed by atoms with E-state index in [1.54, 1.807) is 0 Å². The summed E-state index contributed by atoms with van der Waals surface area (Å²) < 4.78 is 4.45. The van der Waals surface area contributed by atoms with E-state index in [-0.39, 0.29) is 12.7 Å². The van der Waals surface area contributed by atoms with Crippen LogP contribution in [0, 0.1) is 0 Å². The van der Waals surface area contributed by atoms with Gasteiger partial charge >= 0.3 is 5.97 Å². The van der Waals surface area contributed by atoms with Crippen LogP contribution in [0.3, 0.4) is 0 Å². The number of carbonyl (C=O) groups excluding carboxylic acids is 1. The molecule has 0 aliphatic carbocycles. The van der Waals surface area contributed by atoms with Gasteiger partial charge < -0.3 is 14.9 Å². The van der Waals surface area contributed by atoms with E-state index in [0.717, 1.165) is 12.0 Å². The summed E-state index contributed by atoms with van der Waals surface area (Å²) in [5.41, 5.74) is 1.00. The van der Waals surface area contributed by atoms with Crippen LogP contribution in [-0.4, -0.2) is 28.9 Å². The number of ether oxygens (including phenoxy) is 1. The Morgan fingerprint density at radius 1 is 1.37 bits per heavy atom. The van der Waals surface area contributed by atoms with Crippen LogP contribution in [0.4, 0.5) is 0 Å². The van der Waals surface area contributed by atoms with Crippen LogP contribution in [0.5, 0.6) is 0 Å². The molecular weight excluding hydrogens is 244 g/mol. The Kier molecular flexibility index (Phi) is 9.40. The Balaban J connectivity index is 0.000000344. The predicted molar refractivity (Wildman–Crippen MR) is 74.5 cm³/mol. The highest BCUT2D eigenvalue weighted by molar-refractivity contribution is 5.73. The minimum Gasteiger partial charge on any atom is -0.460 e. The lowest BCUT2D eigenvalue weighted by atomic mass is 10.1. The zero-order valence-electron chi connectivity index (χ0n) is 11.5. The lowest BCUT2D eigenvalue weighted by molar-refractivity contribution is -0.151. The van der Waals surface area contributed by atoms with Gasteiger partial charge in [-0.05, 0) is 18.9 Å². The largest absolute Gasteiger partial charge is 0.460 e. The highest BCUT2D eigenvalue weighted by Gasteiger charge is 2.07. The summed E-state index contributed by atoms with van der Waals surface area (Å²) in [6.07, 6.45) is 0.899. The molecule has 0 radical (unpaired) electrons. The van der Waals surface area contributed by atoms with Crippen molar-refractivity contribution in [3.63, 3.8) is 0 Å². The second kappa shape index (κ2) is 10.3. The lowest BCUT2D eigenvalue weighted by Gasteiger charge is -2.05. The molecule has 0 saturated heterocycles. The molecule has 0 amide bonds. The molecule has 4 heteroatoms. The fourth-order valence-corrected chi connectivity index (χ4v) is 1.17. The summed E-state index contributed by atoms with van der Waals surface area (Å²) in [5.74, 6) is -0.616. The molecular formula is C15H22O4. The zero-order chi connectivity index (χ0) is 14.7. The molecule has 2 atom stereocenters. The molecule has 0 saturated carbocycles. The first kappa shape index (κ1) is 17.4. The van der Waals surface area contributed by atoms with E-state index < -0.39 is 12.1 Å². The van der Waals surface area contributed by atoms with Crippen LogP contribution in [0.15, 0.2) is 43.0 Å². The Labute approximate surface area is 114 Å². The van der Waals surface area contributed by atoms with Gasteiger partial charge in [0.15, 0.2) is 0 Å². The maximum atomic E-state index is 10.4. The van der Waals surface area contributed by atoms with E-state index in [2.05, 4.69) is 11.3 Å². The zero-order valence-corrected chi connectivity index (χ0v) is 11.5. The number of benzene rings is 1. The smallest absolute Gasteiger partial charge is 0.334 e. The van der Waals surface area contributed by atoms with Gasteiger partial charge in [-0.3, -0.25) is 0 Å². The van der Waals surface area contributed by atoms with Gasteiger partial charge in [-0.1, -0.05) is 49.9 Å². The van der Waals surface area contributed by atoms with Gasteiger partial charge in [0, 0.05) is 0 Å². The van der Waals surface area contributed by atoms with E-state index in [1.807, 2.05) is 37.3 Å². The van der Waals surface area contributed by atoms with Crippen molar-refractivity contribution in [1.82, 2.24) is 0 Å². The standard InChI is InChI=1S/C9H12O.C6H10O3/c1-2-9(10)8-6-4-3-5-7-8;1-3-4-9-6(8)5(2)7/h3-7,9-10H,2H2,1H3;3,5,7H,1,4H2,2H3. The minimum atomic E-state index is -1.04. The fraction of sp³-hybridized carbons (Fsp3) is 0.400. The van der Waals surface area contributed by atoms with Crippen molar-refractivity contribution in [2.75, 3.05) is 6.61 Å². The van der Waals surface area contributed by atoms with E-state index in [4.69, 9.17) is 5.11 Å². The average molecular weight is 266 g/mol. The summed E-state index contributed by atoms with van der Waals surface area (Å²) in [6.45, 7) is 6.81. The molecule has 106 valence electrons. The number of rotatable bonds is 5. The number of aliphatic hydroxyl groups is 2. The third kappa shape index (κ3) is 8.13. The average Bonchev–Trinajstić information content (AvgIpc) is 2.45. The second-order valence-electron chi connectivity index (χ2n) is 3.93. The second-order valence-corrected chi connectivity index (χ2v) is 3.93. The lowest BCUT2D eigenvalue weighted by Crippen LogP contribution is -2.19. The molecule has 0 spiro atoms. The van der Waals surface area contributed by atoms with Crippen molar-refractivity contribution in [3.8, 4) is 0 Å². The van der Waals surface area contributed by atoms with E-state index in [0.29, 0.717) is 0 Å². The normalized spacial score (nSPS) is 12.6. The van der Waals surface area contributed by atoms with Gasteiger partial charge in [-0.25, -0.2) is 4.79 Å². The van der Waals surface area contributed by atoms with Crippen LogP contribution < -0.4 is 0 Å². The highest BCUT2D eigenvalue weighted by Crippen LogP contribution is 2.14. The van der Waals surface area contributed by atoms with Gasteiger partial charge in [0.2, 0.25) is 0 Å². The SMILES string of the molecule is C=CCOC(=O)C(C)O.CCC(O)c1ccccc1. The minimum absolute atomic E-state index is 0.156. The summed E-state index contributed by atoms with van der Waals surface area (Å²) in [4.78, 5) is 10.4. The van der Waals surface area contributed by atoms with Gasteiger partial charge in [-0.2, -0.15) is 0 Å². The Hall–Kier alpha value is -1.65. The Bertz CT molecular complexity index is 360. The molecule has 0 aliphatic heterocycles. The van der Waals surface area contributed by atoms with Gasteiger partial charge in [0.25, 0.3) is 0 Å². The van der Waals surface area contributed by atoms with Crippen molar-refractivity contribution < 1.29 is 19.7 Å². The first-order valence-corrected chi connectivity index (χ1v) is 6.21. The molecule has 2 N–H and O–H groups in total. The topological polar surface area (TPSA) is 66.8 Å². The molecule has 1 aromatic rings. The van der Waals surface area contributed by atoms with Crippen molar-refractivity contribution in [3.05, 3.63) is 48.6 Å². The number of hydrogen-bond donors (Lipinski definition) is 2. The molecule has 19 heavy (non-hydrogen) atoms. The third-order valence-corrected chi connectivity index (χ3v) is 2.26. The van der Waals surface area contributed by atoms with Crippen molar-refractivity contribution in [1.29, 1.82) is 0 Å². The first-order valence-electron chi connectivity index (χ1n) is 6.21. The fourth-order valence-electron chi connectivity index (χ4n) is 1.17. The monoisotopic (exact) mass is 266 g/mol. The molecule has 4 nitrogen and oxygen atoms in total. The summed E-state index contributed by atoms with van der Waals surface area (Å²) >= 11 is 0.